The van der Waals surface area contributed by atoms with Crippen molar-refractivity contribution >= 4 is 6.09 Å². The topological polar surface area (TPSA) is 73.6 Å². The second-order valence-corrected chi connectivity index (χ2v) is 5.89. The zero-order chi connectivity index (χ0) is 16.0. The smallest absolute Gasteiger partial charge is 0.408 e. The summed E-state index contributed by atoms with van der Waals surface area (Å²) in [6, 6.07) is 9.17. The van der Waals surface area contributed by atoms with Crippen molar-refractivity contribution in [1.29, 1.82) is 5.26 Å². The number of benzene rings is 1. The molecule has 0 spiro atoms. The quantitative estimate of drug-likeness (QED) is 0.903. The molecule has 0 radical (unpaired) electrons. The molecule has 1 unspecified atom stereocenters. The summed E-state index contributed by atoms with van der Waals surface area (Å²) in [5.41, 5.74) is 0.423. The maximum Gasteiger partial charge on any atom is 0.408 e. The van der Waals surface area contributed by atoms with Crippen LogP contribution in [0.5, 0.6) is 5.75 Å². The van der Waals surface area contributed by atoms with Gasteiger partial charge >= 0.3 is 6.09 Å². The van der Waals surface area contributed by atoms with E-state index >= 15 is 0 Å². The summed E-state index contributed by atoms with van der Waals surface area (Å²) in [6.45, 7) is 5.50. The molecule has 1 aromatic rings. The molecule has 0 bridgehead atoms. The van der Waals surface area contributed by atoms with Crippen molar-refractivity contribution in [2.45, 2.75) is 45.2 Å². The highest BCUT2D eigenvalue weighted by atomic mass is 16.5. The lowest BCUT2D eigenvalue weighted by Crippen LogP contribution is -2.51. The number of nitrogens with zero attached hydrogens (tertiary/aromatic N) is 2. The van der Waals surface area contributed by atoms with Gasteiger partial charge in [-0.25, -0.2) is 4.79 Å². The van der Waals surface area contributed by atoms with Gasteiger partial charge in [-0.1, -0.05) is 12.1 Å². The second kappa shape index (κ2) is 6.98. The normalized spacial score (nSPS) is 12.3. The minimum atomic E-state index is -1.00. The summed E-state index contributed by atoms with van der Waals surface area (Å²) >= 11 is 0. The predicted octanol–water partition coefficient (Wildman–Crippen LogP) is 3.30. The Bertz CT molecular complexity index is 512. The number of methoxy groups -OCH3 is 1. The van der Waals surface area contributed by atoms with E-state index in [1.165, 1.54) is 4.90 Å². The molecule has 1 rings (SSSR count). The van der Waals surface area contributed by atoms with E-state index in [2.05, 4.69) is 6.07 Å². The lowest BCUT2D eigenvalue weighted by molar-refractivity contribution is 0.0713. The highest BCUT2D eigenvalue weighted by molar-refractivity contribution is 5.66. The van der Waals surface area contributed by atoms with E-state index in [-0.39, 0.29) is 12.5 Å². The van der Waals surface area contributed by atoms with Crippen molar-refractivity contribution in [3.63, 3.8) is 0 Å². The number of ether oxygens (including phenoxy) is 1. The van der Waals surface area contributed by atoms with Crippen LogP contribution >= 0.6 is 0 Å². The van der Waals surface area contributed by atoms with Gasteiger partial charge < -0.3 is 9.84 Å². The second-order valence-electron chi connectivity index (χ2n) is 5.89. The largest absolute Gasteiger partial charge is 0.497 e. The van der Waals surface area contributed by atoms with Crippen LogP contribution in [0.2, 0.25) is 0 Å². The van der Waals surface area contributed by atoms with E-state index in [9.17, 15) is 9.90 Å². The third-order valence-corrected chi connectivity index (χ3v) is 3.25. The molecule has 0 aliphatic rings. The van der Waals surface area contributed by atoms with E-state index < -0.39 is 11.6 Å². The van der Waals surface area contributed by atoms with E-state index in [0.717, 1.165) is 11.3 Å². The predicted molar refractivity (Wildman–Crippen MR) is 80.3 cm³/mol. The van der Waals surface area contributed by atoms with Crippen LogP contribution in [0.3, 0.4) is 0 Å². The molecule has 1 aromatic carbocycles. The van der Waals surface area contributed by atoms with Gasteiger partial charge in [0.2, 0.25) is 0 Å². The molecule has 0 heterocycles. The minimum absolute atomic E-state index is 0.162. The van der Waals surface area contributed by atoms with E-state index in [1.807, 2.05) is 45.0 Å². The Labute approximate surface area is 125 Å². The monoisotopic (exact) mass is 290 g/mol. The molecule has 0 saturated heterocycles. The molecule has 0 aliphatic heterocycles. The Morgan fingerprint density at radius 3 is 2.33 bits per heavy atom. The molecule has 5 heteroatoms. The first-order valence-corrected chi connectivity index (χ1v) is 6.81. The molecule has 114 valence electrons. The number of carbonyl (C=O) groups is 1. The first kappa shape index (κ1) is 16.8. The Kier molecular flexibility index (Phi) is 5.60. The number of hydrogen-bond donors (Lipinski definition) is 1. The van der Waals surface area contributed by atoms with Crippen molar-refractivity contribution in [2.24, 2.45) is 0 Å². The Morgan fingerprint density at radius 2 is 1.95 bits per heavy atom. The van der Waals surface area contributed by atoms with Gasteiger partial charge in [0.1, 0.15) is 5.75 Å². The van der Waals surface area contributed by atoms with Crippen LogP contribution in [0.4, 0.5) is 4.79 Å². The van der Waals surface area contributed by atoms with Gasteiger partial charge in [-0.15, -0.1) is 0 Å². The molecule has 1 N–H and O–H groups in total. The van der Waals surface area contributed by atoms with Crippen molar-refractivity contribution in [1.82, 2.24) is 4.90 Å². The van der Waals surface area contributed by atoms with Gasteiger partial charge in [0.05, 0.1) is 25.6 Å². The van der Waals surface area contributed by atoms with Crippen molar-refractivity contribution in [3.05, 3.63) is 29.8 Å². The minimum Gasteiger partial charge on any atom is -0.497 e. The number of rotatable bonds is 5. The standard InChI is InChI=1S/C16H22N2O3/c1-16(2,3)18(15(19)20)13(9-10-17)11-12-5-7-14(21-4)8-6-12/h5-8,13H,9,11H2,1-4H3,(H,19,20). The third kappa shape index (κ3) is 4.67. The van der Waals surface area contributed by atoms with Gasteiger partial charge in [-0.2, -0.15) is 5.26 Å². The van der Waals surface area contributed by atoms with Crippen LogP contribution in [0, 0.1) is 11.3 Å². The van der Waals surface area contributed by atoms with Crippen LogP contribution in [-0.4, -0.2) is 34.8 Å². The first-order chi connectivity index (χ1) is 9.79. The van der Waals surface area contributed by atoms with Crippen LogP contribution in [0.25, 0.3) is 0 Å². The molecule has 21 heavy (non-hydrogen) atoms. The number of amides is 1. The highest BCUT2D eigenvalue weighted by Crippen LogP contribution is 2.23. The fourth-order valence-electron chi connectivity index (χ4n) is 2.38. The zero-order valence-electron chi connectivity index (χ0n) is 13.0. The lowest BCUT2D eigenvalue weighted by atomic mass is 9.97. The Balaban J connectivity index is 2.99. The summed E-state index contributed by atoms with van der Waals surface area (Å²) < 4.78 is 5.10. The summed E-state index contributed by atoms with van der Waals surface area (Å²) in [7, 11) is 1.60. The molecule has 0 saturated carbocycles. The SMILES string of the molecule is COc1ccc(CC(CC#N)N(C(=O)O)C(C)(C)C)cc1. The van der Waals surface area contributed by atoms with E-state index in [4.69, 9.17) is 10.00 Å². The average molecular weight is 290 g/mol. The third-order valence-electron chi connectivity index (χ3n) is 3.25. The lowest BCUT2D eigenvalue weighted by Gasteiger charge is -2.39. The fourth-order valence-corrected chi connectivity index (χ4v) is 2.38. The molecule has 1 atom stereocenters. The molecular weight excluding hydrogens is 268 g/mol. The van der Waals surface area contributed by atoms with Crippen molar-refractivity contribution in [3.8, 4) is 11.8 Å². The molecule has 0 aliphatic carbocycles. The van der Waals surface area contributed by atoms with Gasteiger partial charge in [-0.3, -0.25) is 4.90 Å². The van der Waals surface area contributed by atoms with Crippen molar-refractivity contribution < 1.29 is 14.6 Å². The molecule has 5 nitrogen and oxygen atoms in total. The number of hydrogen-bond acceptors (Lipinski definition) is 3. The van der Waals surface area contributed by atoms with Gasteiger partial charge in [0.15, 0.2) is 0 Å². The van der Waals surface area contributed by atoms with Gasteiger partial charge in [0, 0.05) is 5.54 Å². The van der Waals surface area contributed by atoms with Gasteiger partial charge in [0.25, 0.3) is 0 Å². The van der Waals surface area contributed by atoms with Crippen LogP contribution in [0.1, 0.15) is 32.8 Å². The average Bonchev–Trinajstić information content (AvgIpc) is 2.37. The first-order valence-electron chi connectivity index (χ1n) is 6.81. The maximum absolute atomic E-state index is 11.5. The van der Waals surface area contributed by atoms with Crippen LogP contribution in [0.15, 0.2) is 24.3 Å². The van der Waals surface area contributed by atoms with Crippen LogP contribution in [-0.2, 0) is 6.42 Å². The van der Waals surface area contributed by atoms with E-state index in [0.29, 0.717) is 6.42 Å². The summed E-state index contributed by atoms with van der Waals surface area (Å²) in [5, 5.41) is 18.5. The molecule has 1 amide bonds. The molecular formula is C16H22N2O3. The summed E-state index contributed by atoms with van der Waals surface area (Å²) in [6.07, 6.45) is -0.340. The molecule has 0 fully saturated rings. The fraction of sp³-hybridized carbons (Fsp3) is 0.500. The maximum atomic E-state index is 11.5. The number of nitriles is 1. The van der Waals surface area contributed by atoms with Crippen LogP contribution < -0.4 is 4.74 Å². The Morgan fingerprint density at radius 1 is 1.38 bits per heavy atom. The molecule has 0 aromatic heterocycles. The zero-order valence-corrected chi connectivity index (χ0v) is 13.0. The van der Waals surface area contributed by atoms with Gasteiger partial charge in [-0.05, 0) is 44.9 Å². The summed E-state index contributed by atoms with van der Waals surface area (Å²) in [4.78, 5) is 12.9. The number of carboxylic acid groups (broad SMARTS) is 1. The van der Waals surface area contributed by atoms with E-state index in [1.54, 1.807) is 7.11 Å². The summed E-state index contributed by atoms with van der Waals surface area (Å²) in [5.74, 6) is 0.751. The van der Waals surface area contributed by atoms with Crippen molar-refractivity contribution in [2.75, 3.05) is 7.11 Å². The highest BCUT2D eigenvalue weighted by Gasteiger charge is 2.33. The Hall–Kier alpha value is -2.22.